The van der Waals surface area contributed by atoms with Gasteiger partial charge in [0.2, 0.25) is 0 Å². The molecule has 2 atom stereocenters. The topological polar surface area (TPSA) is 40.7 Å². The standard InChI is InChI=1S/C17H31N3/c1-17(2,3)14-6-4-7-15(10-9-14)18-11-5-8-16-19-12-13-20-16/h12-15,18H,4-11H2,1-3H3,(H,19,20). The van der Waals surface area contributed by atoms with Crippen LogP contribution in [0.3, 0.4) is 0 Å². The number of imidazole rings is 1. The van der Waals surface area contributed by atoms with Crippen molar-refractivity contribution >= 4 is 0 Å². The molecule has 0 bridgehead atoms. The van der Waals surface area contributed by atoms with Crippen LogP contribution in [0.25, 0.3) is 0 Å². The van der Waals surface area contributed by atoms with Gasteiger partial charge in [0, 0.05) is 24.9 Å². The fourth-order valence-electron chi connectivity index (χ4n) is 3.37. The summed E-state index contributed by atoms with van der Waals surface area (Å²) in [6, 6.07) is 0.735. The van der Waals surface area contributed by atoms with Gasteiger partial charge < -0.3 is 10.3 Å². The molecule has 1 aromatic rings. The summed E-state index contributed by atoms with van der Waals surface area (Å²) in [6.07, 6.45) is 12.9. The largest absolute Gasteiger partial charge is 0.349 e. The lowest BCUT2D eigenvalue weighted by molar-refractivity contribution is 0.213. The van der Waals surface area contributed by atoms with Gasteiger partial charge in [0.05, 0.1) is 0 Å². The second-order valence-corrected chi connectivity index (χ2v) is 7.36. The van der Waals surface area contributed by atoms with E-state index in [1.807, 2.05) is 12.4 Å². The lowest BCUT2D eigenvalue weighted by atomic mass is 9.76. The van der Waals surface area contributed by atoms with Crippen molar-refractivity contribution in [1.82, 2.24) is 15.3 Å². The number of hydrogen-bond donors (Lipinski definition) is 2. The number of hydrogen-bond acceptors (Lipinski definition) is 2. The summed E-state index contributed by atoms with van der Waals surface area (Å²) < 4.78 is 0. The summed E-state index contributed by atoms with van der Waals surface area (Å²) in [7, 11) is 0. The first kappa shape index (κ1) is 15.6. The molecule has 3 heteroatoms. The first-order valence-electron chi connectivity index (χ1n) is 8.27. The van der Waals surface area contributed by atoms with Crippen LogP contribution in [0.4, 0.5) is 0 Å². The maximum atomic E-state index is 4.27. The zero-order valence-corrected chi connectivity index (χ0v) is 13.4. The second kappa shape index (κ2) is 7.26. The minimum absolute atomic E-state index is 0.480. The number of aromatic nitrogens is 2. The van der Waals surface area contributed by atoms with E-state index in [1.54, 1.807) is 0 Å². The van der Waals surface area contributed by atoms with Gasteiger partial charge in [-0.15, -0.1) is 0 Å². The van der Waals surface area contributed by atoms with Crippen molar-refractivity contribution in [1.29, 1.82) is 0 Å². The van der Waals surface area contributed by atoms with E-state index in [4.69, 9.17) is 0 Å². The van der Waals surface area contributed by atoms with Gasteiger partial charge in [-0.2, -0.15) is 0 Å². The Kier molecular flexibility index (Phi) is 5.64. The quantitative estimate of drug-likeness (QED) is 0.632. The van der Waals surface area contributed by atoms with E-state index in [2.05, 4.69) is 36.1 Å². The molecule has 1 saturated carbocycles. The van der Waals surface area contributed by atoms with Crippen molar-refractivity contribution in [3.8, 4) is 0 Å². The van der Waals surface area contributed by atoms with Gasteiger partial charge in [-0.1, -0.05) is 27.2 Å². The van der Waals surface area contributed by atoms with E-state index in [0.29, 0.717) is 5.41 Å². The van der Waals surface area contributed by atoms with E-state index in [9.17, 15) is 0 Å². The van der Waals surface area contributed by atoms with Crippen molar-refractivity contribution < 1.29 is 0 Å². The molecule has 114 valence electrons. The third-order valence-corrected chi connectivity index (χ3v) is 4.77. The second-order valence-electron chi connectivity index (χ2n) is 7.36. The predicted octanol–water partition coefficient (Wildman–Crippen LogP) is 3.93. The van der Waals surface area contributed by atoms with Crippen molar-refractivity contribution in [2.75, 3.05) is 6.54 Å². The van der Waals surface area contributed by atoms with E-state index in [1.165, 1.54) is 38.5 Å². The Morgan fingerprint density at radius 3 is 2.80 bits per heavy atom. The number of rotatable bonds is 5. The summed E-state index contributed by atoms with van der Waals surface area (Å²) in [5.74, 6) is 2.01. The van der Waals surface area contributed by atoms with E-state index >= 15 is 0 Å². The van der Waals surface area contributed by atoms with Crippen molar-refractivity contribution in [3.63, 3.8) is 0 Å². The highest BCUT2D eigenvalue weighted by atomic mass is 14.9. The number of nitrogens with one attached hydrogen (secondary N) is 2. The molecule has 1 aromatic heterocycles. The van der Waals surface area contributed by atoms with Gasteiger partial charge in [-0.3, -0.25) is 0 Å². The van der Waals surface area contributed by atoms with Crippen LogP contribution in [-0.2, 0) is 6.42 Å². The lowest BCUT2D eigenvalue weighted by Crippen LogP contribution is -2.30. The van der Waals surface area contributed by atoms with Gasteiger partial charge in [-0.05, 0) is 50.0 Å². The molecule has 0 aromatic carbocycles. The van der Waals surface area contributed by atoms with Crippen LogP contribution in [0.2, 0.25) is 0 Å². The molecular formula is C17H31N3. The first-order chi connectivity index (χ1) is 9.55. The zero-order chi connectivity index (χ0) is 14.4. The van der Waals surface area contributed by atoms with Crippen LogP contribution in [0, 0.1) is 11.3 Å². The fraction of sp³-hybridized carbons (Fsp3) is 0.824. The van der Waals surface area contributed by atoms with Gasteiger partial charge >= 0.3 is 0 Å². The summed E-state index contributed by atoms with van der Waals surface area (Å²) in [5, 5.41) is 3.75. The van der Waals surface area contributed by atoms with Crippen LogP contribution in [0.5, 0.6) is 0 Å². The maximum absolute atomic E-state index is 4.27. The highest BCUT2D eigenvalue weighted by Crippen LogP contribution is 2.36. The Bertz CT molecular complexity index is 364. The Labute approximate surface area is 124 Å². The third-order valence-electron chi connectivity index (χ3n) is 4.77. The Morgan fingerprint density at radius 1 is 1.25 bits per heavy atom. The molecule has 2 N–H and O–H groups in total. The smallest absolute Gasteiger partial charge is 0.106 e. The molecule has 1 aliphatic carbocycles. The predicted molar refractivity (Wildman–Crippen MR) is 84.7 cm³/mol. The van der Waals surface area contributed by atoms with Gasteiger partial charge in [0.25, 0.3) is 0 Å². The molecule has 1 fully saturated rings. The average molecular weight is 277 g/mol. The Morgan fingerprint density at radius 2 is 2.10 bits per heavy atom. The SMILES string of the molecule is CC(C)(C)C1CCCC(NCCCc2ncc[nH]2)CC1. The fourth-order valence-corrected chi connectivity index (χ4v) is 3.37. The van der Waals surface area contributed by atoms with Crippen molar-refractivity contribution in [2.24, 2.45) is 11.3 Å². The van der Waals surface area contributed by atoms with Gasteiger partial charge in [0.1, 0.15) is 5.82 Å². The van der Waals surface area contributed by atoms with Crippen LogP contribution >= 0.6 is 0 Å². The third kappa shape index (κ3) is 4.93. The number of H-pyrrole nitrogens is 1. The van der Waals surface area contributed by atoms with Crippen LogP contribution < -0.4 is 5.32 Å². The normalized spacial score (nSPS) is 24.6. The van der Waals surface area contributed by atoms with E-state index < -0.39 is 0 Å². The minimum atomic E-state index is 0.480. The van der Waals surface area contributed by atoms with Crippen molar-refractivity contribution in [2.45, 2.75) is 71.8 Å². The van der Waals surface area contributed by atoms with E-state index in [-0.39, 0.29) is 0 Å². The molecule has 20 heavy (non-hydrogen) atoms. The Balaban J connectivity index is 1.64. The molecule has 1 heterocycles. The summed E-state index contributed by atoms with van der Waals surface area (Å²) in [4.78, 5) is 7.44. The summed E-state index contributed by atoms with van der Waals surface area (Å²) in [6.45, 7) is 8.31. The first-order valence-corrected chi connectivity index (χ1v) is 8.27. The van der Waals surface area contributed by atoms with Gasteiger partial charge in [-0.25, -0.2) is 4.98 Å². The number of aryl methyl sites for hydroxylation is 1. The molecule has 0 aliphatic heterocycles. The molecule has 3 nitrogen and oxygen atoms in total. The molecule has 0 amide bonds. The summed E-state index contributed by atoms with van der Waals surface area (Å²) in [5.41, 5.74) is 0.480. The van der Waals surface area contributed by atoms with Gasteiger partial charge in [0.15, 0.2) is 0 Å². The zero-order valence-electron chi connectivity index (χ0n) is 13.4. The number of aromatic amines is 1. The highest BCUT2D eigenvalue weighted by Gasteiger charge is 2.27. The molecule has 0 spiro atoms. The minimum Gasteiger partial charge on any atom is -0.349 e. The molecule has 2 unspecified atom stereocenters. The highest BCUT2D eigenvalue weighted by molar-refractivity contribution is 4.87. The monoisotopic (exact) mass is 277 g/mol. The molecular weight excluding hydrogens is 246 g/mol. The maximum Gasteiger partial charge on any atom is 0.106 e. The lowest BCUT2D eigenvalue weighted by Gasteiger charge is -2.29. The van der Waals surface area contributed by atoms with Crippen LogP contribution in [0.1, 0.15) is 65.1 Å². The Hall–Kier alpha value is -0.830. The average Bonchev–Trinajstić information content (AvgIpc) is 2.77. The molecule has 1 aliphatic rings. The molecule has 2 rings (SSSR count). The summed E-state index contributed by atoms with van der Waals surface area (Å²) >= 11 is 0. The number of nitrogens with zero attached hydrogens (tertiary/aromatic N) is 1. The molecule has 0 saturated heterocycles. The molecule has 0 radical (unpaired) electrons. The van der Waals surface area contributed by atoms with E-state index in [0.717, 1.165) is 30.7 Å². The van der Waals surface area contributed by atoms with Crippen LogP contribution in [0.15, 0.2) is 12.4 Å². The van der Waals surface area contributed by atoms with Crippen molar-refractivity contribution in [3.05, 3.63) is 18.2 Å². The van der Waals surface area contributed by atoms with Crippen LogP contribution in [-0.4, -0.2) is 22.6 Å².